The summed E-state index contributed by atoms with van der Waals surface area (Å²) >= 11 is 7.67. The fourth-order valence-electron chi connectivity index (χ4n) is 4.81. The van der Waals surface area contributed by atoms with Crippen LogP contribution < -0.4 is 22.1 Å². The van der Waals surface area contributed by atoms with E-state index in [-0.39, 0.29) is 11.5 Å². The second-order valence-corrected chi connectivity index (χ2v) is 9.79. The van der Waals surface area contributed by atoms with Crippen LogP contribution in [0, 0.1) is 5.41 Å². The van der Waals surface area contributed by atoms with E-state index in [1.165, 1.54) is 22.9 Å². The first-order valence-electron chi connectivity index (χ1n) is 10.4. The Bertz CT molecular complexity index is 1130. The minimum absolute atomic E-state index is 0.101. The first kappa shape index (κ1) is 20.4. The van der Waals surface area contributed by atoms with Gasteiger partial charge in [0.15, 0.2) is 5.82 Å². The average Bonchev–Trinajstić information content (AvgIpc) is 3.05. The molecule has 1 spiro atoms. The summed E-state index contributed by atoms with van der Waals surface area (Å²) in [7, 11) is 0. The highest BCUT2D eigenvalue weighted by Gasteiger charge is 2.45. The molecular weight excluding hydrogens is 428 g/mol. The standard InChI is InChI=1S/C23H25ClN6S/c24-19-16(25)6-3-7-17(19)31-22-21(27)29-18(13-28-22)30-10-8-23(9-11-30)12-14-4-1-2-5-15(14)20(23)26/h1-7,13,20H,8-12,25-26H2,(H2,27,29). The van der Waals surface area contributed by atoms with E-state index in [4.69, 9.17) is 28.8 Å². The van der Waals surface area contributed by atoms with Crippen LogP contribution in [0.15, 0.2) is 58.6 Å². The average molecular weight is 453 g/mol. The summed E-state index contributed by atoms with van der Waals surface area (Å²) < 4.78 is 0. The van der Waals surface area contributed by atoms with Crippen molar-refractivity contribution in [1.29, 1.82) is 0 Å². The van der Waals surface area contributed by atoms with E-state index in [1.807, 2.05) is 12.1 Å². The highest BCUT2D eigenvalue weighted by molar-refractivity contribution is 7.99. The smallest absolute Gasteiger partial charge is 0.158 e. The molecule has 1 fully saturated rings. The summed E-state index contributed by atoms with van der Waals surface area (Å²) in [5, 5.41) is 1.13. The zero-order chi connectivity index (χ0) is 21.6. The lowest BCUT2D eigenvalue weighted by molar-refractivity contribution is 0.187. The van der Waals surface area contributed by atoms with Crippen molar-refractivity contribution in [3.63, 3.8) is 0 Å². The van der Waals surface area contributed by atoms with E-state index in [9.17, 15) is 0 Å². The maximum Gasteiger partial charge on any atom is 0.158 e. The van der Waals surface area contributed by atoms with E-state index < -0.39 is 0 Å². The molecule has 0 radical (unpaired) electrons. The van der Waals surface area contributed by atoms with Crippen molar-refractivity contribution in [3.8, 4) is 0 Å². The minimum Gasteiger partial charge on any atom is -0.397 e. The molecular formula is C23H25ClN6S. The topological polar surface area (TPSA) is 107 Å². The second-order valence-electron chi connectivity index (χ2n) is 8.38. The number of halogens is 1. The van der Waals surface area contributed by atoms with Crippen molar-refractivity contribution < 1.29 is 0 Å². The zero-order valence-electron chi connectivity index (χ0n) is 17.1. The Morgan fingerprint density at radius 3 is 2.58 bits per heavy atom. The van der Waals surface area contributed by atoms with Crippen molar-refractivity contribution in [3.05, 3.63) is 64.8 Å². The molecule has 3 aromatic rings. The monoisotopic (exact) mass is 452 g/mol. The molecule has 1 aliphatic carbocycles. The van der Waals surface area contributed by atoms with E-state index in [2.05, 4.69) is 39.1 Å². The highest BCUT2D eigenvalue weighted by Crippen LogP contribution is 2.51. The van der Waals surface area contributed by atoms with Crippen LogP contribution in [0.1, 0.15) is 30.0 Å². The lowest BCUT2D eigenvalue weighted by Gasteiger charge is -2.42. The number of aromatic nitrogens is 2. The van der Waals surface area contributed by atoms with Crippen molar-refractivity contribution in [2.75, 3.05) is 29.5 Å². The Labute approximate surface area is 191 Å². The highest BCUT2D eigenvalue weighted by atomic mass is 35.5. The van der Waals surface area contributed by atoms with E-state index in [1.54, 1.807) is 12.3 Å². The first-order valence-corrected chi connectivity index (χ1v) is 11.6. The van der Waals surface area contributed by atoms with E-state index >= 15 is 0 Å². The number of benzene rings is 2. The molecule has 160 valence electrons. The van der Waals surface area contributed by atoms with Crippen molar-refractivity contribution in [1.82, 2.24) is 9.97 Å². The second kappa shape index (κ2) is 7.89. The Kier molecular flexibility index (Phi) is 5.20. The van der Waals surface area contributed by atoms with Gasteiger partial charge in [-0.05, 0) is 47.9 Å². The molecule has 2 aliphatic rings. The lowest BCUT2D eigenvalue weighted by atomic mass is 9.73. The van der Waals surface area contributed by atoms with Gasteiger partial charge in [0.2, 0.25) is 0 Å². The Morgan fingerprint density at radius 1 is 1.06 bits per heavy atom. The molecule has 5 rings (SSSR count). The van der Waals surface area contributed by atoms with Gasteiger partial charge in [0.25, 0.3) is 0 Å². The van der Waals surface area contributed by atoms with Gasteiger partial charge in [-0.3, -0.25) is 0 Å². The van der Waals surface area contributed by atoms with Gasteiger partial charge in [-0.15, -0.1) is 0 Å². The van der Waals surface area contributed by atoms with Gasteiger partial charge in [0.05, 0.1) is 16.9 Å². The van der Waals surface area contributed by atoms with Crippen LogP contribution in [0.5, 0.6) is 0 Å². The Balaban J connectivity index is 1.29. The summed E-state index contributed by atoms with van der Waals surface area (Å²) in [5.74, 6) is 1.20. The van der Waals surface area contributed by atoms with E-state index in [0.717, 1.165) is 43.1 Å². The van der Waals surface area contributed by atoms with Gasteiger partial charge < -0.3 is 22.1 Å². The van der Waals surface area contributed by atoms with Crippen LogP contribution >= 0.6 is 23.4 Å². The number of anilines is 3. The fourth-order valence-corrected chi connectivity index (χ4v) is 5.87. The molecule has 31 heavy (non-hydrogen) atoms. The van der Waals surface area contributed by atoms with Gasteiger partial charge in [-0.25, -0.2) is 9.97 Å². The lowest BCUT2D eigenvalue weighted by Crippen LogP contribution is -2.44. The summed E-state index contributed by atoms with van der Waals surface area (Å²) in [5.41, 5.74) is 22.2. The quantitative estimate of drug-likeness (QED) is 0.509. The molecule has 8 heteroatoms. The Hall–Kier alpha value is -2.48. The maximum absolute atomic E-state index is 6.69. The van der Waals surface area contributed by atoms with Gasteiger partial charge in [-0.1, -0.05) is 53.7 Å². The number of nitrogens with two attached hydrogens (primary N) is 3. The Morgan fingerprint density at radius 2 is 1.84 bits per heavy atom. The van der Waals surface area contributed by atoms with Crippen LogP contribution in [-0.4, -0.2) is 23.1 Å². The number of piperidine rings is 1. The maximum atomic E-state index is 6.69. The van der Waals surface area contributed by atoms with Gasteiger partial charge in [0, 0.05) is 24.0 Å². The number of rotatable bonds is 3. The number of fused-ring (bicyclic) bond motifs is 1. The zero-order valence-corrected chi connectivity index (χ0v) is 18.7. The SMILES string of the molecule is Nc1cccc(Sc2ncc(N3CCC4(CC3)Cc3ccccc3C4N)nc2N)c1Cl. The molecule has 6 N–H and O–H groups in total. The predicted molar refractivity (Wildman–Crippen MR) is 127 cm³/mol. The summed E-state index contributed by atoms with van der Waals surface area (Å²) in [4.78, 5) is 12.3. The van der Waals surface area contributed by atoms with Crippen LogP contribution in [0.4, 0.5) is 17.3 Å². The first-order chi connectivity index (χ1) is 15.0. The third-order valence-corrected chi connectivity index (χ3v) is 8.23. The molecule has 2 heterocycles. The van der Waals surface area contributed by atoms with Gasteiger partial charge in [-0.2, -0.15) is 0 Å². The summed E-state index contributed by atoms with van der Waals surface area (Å²) in [6.45, 7) is 1.78. The molecule has 0 amide bonds. The fraction of sp³-hybridized carbons (Fsp3) is 0.304. The van der Waals surface area contributed by atoms with Crippen molar-refractivity contribution in [2.45, 2.75) is 35.2 Å². The summed E-state index contributed by atoms with van der Waals surface area (Å²) in [6, 6.07) is 14.2. The van der Waals surface area contributed by atoms with Crippen LogP contribution in [0.2, 0.25) is 5.02 Å². The molecule has 1 saturated heterocycles. The largest absolute Gasteiger partial charge is 0.397 e. The van der Waals surface area contributed by atoms with Crippen LogP contribution in [0.3, 0.4) is 0 Å². The molecule has 2 aromatic carbocycles. The van der Waals surface area contributed by atoms with Crippen LogP contribution in [-0.2, 0) is 6.42 Å². The van der Waals surface area contributed by atoms with Crippen LogP contribution in [0.25, 0.3) is 0 Å². The molecule has 1 aromatic heterocycles. The molecule has 1 atom stereocenters. The third-order valence-electron chi connectivity index (χ3n) is 6.63. The number of nitrogen functional groups attached to an aromatic ring is 2. The predicted octanol–water partition coefficient (Wildman–Crippen LogP) is 4.29. The summed E-state index contributed by atoms with van der Waals surface area (Å²) in [6.07, 6.45) is 4.91. The molecule has 6 nitrogen and oxygen atoms in total. The minimum atomic E-state index is 0.101. The molecule has 0 bridgehead atoms. The number of hydrogen-bond donors (Lipinski definition) is 3. The molecule has 0 saturated carbocycles. The van der Waals surface area contributed by atoms with Gasteiger partial charge >= 0.3 is 0 Å². The van der Waals surface area contributed by atoms with Crippen molar-refractivity contribution >= 4 is 40.7 Å². The number of hydrogen-bond acceptors (Lipinski definition) is 7. The number of nitrogens with zero attached hydrogens (tertiary/aromatic N) is 3. The van der Waals surface area contributed by atoms with E-state index in [0.29, 0.717) is 21.6 Å². The third kappa shape index (κ3) is 3.60. The molecule has 1 unspecified atom stereocenters. The van der Waals surface area contributed by atoms with Gasteiger partial charge in [0.1, 0.15) is 10.8 Å². The van der Waals surface area contributed by atoms with Crippen molar-refractivity contribution in [2.24, 2.45) is 11.1 Å². The normalized spacial score (nSPS) is 19.5. The molecule has 1 aliphatic heterocycles.